The molecular formula is C29H33N3O2. The van der Waals surface area contributed by atoms with Crippen molar-refractivity contribution in [3.63, 3.8) is 0 Å². The van der Waals surface area contributed by atoms with Crippen molar-refractivity contribution in [3.05, 3.63) is 89.0 Å². The number of fused-ring (bicyclic) bond motifs is 1. The number of hydrogen-bond donors (Lipinski definition) is 2. The molecule has 1 atom stereocenters. The van der Waals surface area contributed by atoms with Crippen molar-refractivity contribution in [2.75, 3.05) is 25.0 Å². The van der Waals surface area contributed by atoms with E-state index in [9.17, 15) is 9.59 Å². The van der Waals surface area contributed by atoms with Crippen molar-refractivity contribution in [1.82, 2.24) is 10.2 Å². The van der Waals surface area contributed by atoms with Gasteiger partial charge in [-0.1, -0.05) is 55.0 Å². The van der Waals surface area contributed by atoms with E-state index in [0.29, 0.717) is 23.7 Å². The van der Waals surface area contributed by atoms with Crippen molar-refractivity contribution in [2.45, 2.75) is 39.7 Å². The van der Waals surface area contributed by atoms with E-state index in [-0.39, 0.29) is 11.8 Å². The van der Waals surface area contributed by atoms with E-state index < -0.39 is 0 Å². The SMILES string of the molecule is CCN1CCCC1CNC(=O)c1cccc(/C(C)=C/C=C(C)/C=C2/C(=O)Nc3ccccc32)c1. The number of nitrogens with zero attached hydrogens (tertiary/aromatic N) is 1. The summed E-state index contributed by atoms with van der Waals surface area (Å²) >= 11 is 0. The summed E-state index contributed by atoms with van der Waals surface area (Å²) in [4.78, 5) is 27.5. The fourth-order valence-electron chi connectivity index (χ4n) is 4.67. The molecule has 1 unspecified atom stereocenters. The molecule has 2 aliphatic rings. The van der Waals surface area contributed by atoms with Crippen molar-refractivity contribution >= 4 is 28.6 Å². The van der Waals surface area contributed by atoms with E-state index in [0.717, 1.165) is 47.5 Å². The Morgan fingerprint density at radius 1 is 1.12 bits per heavy atom. The van der Waals surface area contributed by atoms with Crippen molar-refractivity contribution in [3.8, 4) is 0 Å². The molecule has 2 amide bonds. The van der Waals surface area contributed by atoms with Crippen LogP contribution in [0.5, 0.6) is 0 Å². The highest BCUT2D eigenvalue weighted by Crippen LogP contribution is 2.32. The number of amides is 2. The van der Waals surface area contributed by atoms with Gasteiger partial charge in [0.1, 0.15) is 0 Å². The first kappa shape index (κ1) is 23.7. The third-order valence-electron chi connectivity index (χ3n) is 6.66. The maximum absolute atomic E-state index is 12.8. The van der Waals surface area contributed by atoms with Gasteiger partial charge in [0.2, 0.25) is 0 Å². The van der Waals surface area contributed by atoms with Gasteiger partial charge in [-0.05, 0) is 75.2 Å². The van der Waals surface area contributed by atoms with Crippen molar-refractivity contribution in [1.29, 1.82) is 0 Å². The Hall–Kier alpha value is -3.44. The highest BCUT2D eigenvalue weighted by molar-refractivity contribution is 6.31. The van der Waals surface area contributed by atoms with Crippen molar-refractivity contribution in [2.24, 2.45) is 0 Å². The number of hydrogen-bond acceptors (Lipinski definition) is 3. The molecule has 2 aliphatic heterocycles. The molecule has 5 heteroatoms. The number of anilines is 1. The minimum Gasteiger partial charge on any atom is -0.350 e. The third kappa shape index (κ3) is 5.37. The van der Waals surface area contributed by atoms with Gasteiger partial charge in [0.25, 0.3) is 11.8 Å². The van der Waals surface area contributed by atoms with Crippen LogP contribution in [0.25, 0.3) is 11.1 Å². The Morgan fingerprint density at radius 3 is 2.74 bits per heavy atom. The Kier molecular flexibility index (Phi) is 7.43. The number of carbonyl (C=O) groups excluding carboxylic acids is 2. The van der Waals surface area contributed by atoms with E-state index in [1.54, 1.807) is 0 Å². The molecule has 5 nitrogen and oxygen atoms in total. The molecule has 1 fully saturated rings. The molecule has 0 radical (unpaired) electrons. The van der Waals surface area contributed by atoms with Gasteiger partial charge in [-0.3, -0.25) is 14.5 Å². The summed E-state index contributed by atoms with van der Waals surface area (Å²) in [6.07, 6.45) is 8.29. The molecule has 4 rings (SSSR count). The lowest BCUT2D eigenvalue weighted by atomic mass is 10.0. The number of para-hydroxylation sites is 1. The molecule has 0 aromatic heterocycles. The molecule has 2 aromatic carbocycles. The third-order valence-corrected chi connectivity index (χ3v) is 6.66. The van der Waals surface area contributed by atoms with Gasteiger partial charge in [0, 0.05) is 35.0 Å². The van der Waals surface area contributed by atoms with Gasteiger partial charge in [-0.2, -0.15) is 0 Å². The quantitative estimate of drug-likeness (QED) is 0.441. The fourth-order valence-corrected chi connectivity index (χ4v) is 4.67. The second kappa shape index (κ2) is 10.7. The molecule has 1 saturated heterocycles. The van der Waals surface area contributed by atoms with E-state index in [2.05, 4.69) is 22.5 Å². The lowest BCUT2D eigenvalue weighted by Gasteiger charge is -2.22. The van der Waals surface area contributed by atoms with E-state index in [1.165, 1.54) is 6.42 Å². The number of nitrogens with one attached hydrogen (secondary N) is 2. The van der Waals surface area contributed by atoms with Crippen LogP contribution in [0, 0.1) is 0 Å². The molecule has 34 heavy (non-hydrogen) atoms. The zero-order valence-electron chi connectivity index (χ0n) is 20.2. The number of allylic oxidation sites excluding steroid dienone is 5. The highest BCUT2D eigenvalue weighted by Gasteiger charge is 2.24. The Labute approximate surface area is 202 Å². The first-order valence-corrected chi connectivity index (χ1v) is 12.1. The minimum atomic E-state index is -0.0759. The molecule has 0 aliphatic carbocycles. The molecule has 176 valence electrons. The highest BCUT2D eigenvalue weighted by atomic mass is 16.2. The van der Waals surface area contributed by atoms with Crippen LogP contribution in [0.1, 0.15) is 55.1 Å². The number of rotatable bonds is 7. The summed E-state index contributed by atoms with van der Waals surface area (Å²) in [5.41, 5.74) is 6.17. The summed E-state index contributed by atoms with van der Waals surface area (Å²) in [6.45, 7) is 9.03. The largest absolute Gasteiger partial charge is 0.350 e. The molecule has 0 bridgehead atoms. The van der Waals surface area contributed by atoms with Crippen LogP contribution < -0.4 is 10.6 Å². The van der Waals surface area contributed by atoms with Crippen LogP contribution in [0.15, 0.2) is 72.3 Å². The summed E-state index contributed by atoms with van der Waals surface area (Å²) < 4.78 is 0. The molecule has 2 N–H and O–H groups in total. The Morgan fingerprint density at radius 2 is 1.91 bits per heavy atom. The first-order valence-electron chi connectivity index (χ1n) is 12.1. The monoisotopic (exact) mass is 455 g/mol. The summed E-state index contributed by atoms with van der Waals surface area (Å²) in [5, 5.41) is 6.02. The minimum absolute atomic E-state index is 0.0278. The zero-order valence-corrected chi connectivity index (χ0v) is 20.2. The van der Waals surface area contributed by atoms with Crippen LogP contribution in [0.2, 0.25) is 0 Å². The maximum atomic E-state index is 12.8. The van der Waals surface area contributed by atoms with Crippen LogP contribution in [0.3, 0.4) is 0 Å². The van der Waals surface area contributed by atoms with Gasteiger partial charge in [-0.15, -0.1) is 0 Å². The summed E-state index contributed by atoms with van der Waals surface area (Å²) in [5.74, 6) is -0.104. The second-order valence-corrected chi connectivity index (χ2v) is 9.03. The smallest absolute Gasteiger partial charge is 0.256 e. The summed E-state index contributed by atoms with van der Waals surface area (Å²) in [7, 11) is 0. The van der Waals surface area contributed by atoms with Crippen molar-refractivity contribution < 1.29 is 9.59 Å². The number of likely N-dealkylation sites (N-methyl/N-ethyl adjacent to an activating group) is 1. The van der Waals surface area contributed by atoms with Gasteiger partial charge in [0.05, 0.1) is 0 Å². The summed E-state index contributed by atoms with van der Waals surface area (Å²) in [6, 6.07) is 15.9. The molecule has 0 spiro atoms. The Bertz CT molecular complexity index is 1180. The molecule has 0 saturated carbocycles. The first-order chi connectivity index (χ1) is 16.5. The standard InChI is InChI=1S/C29H33N3O2/c1-4-32-16-8-11-24(32)19-30-28(33)23-10-7-9-22(18-23)21(3)15-14-20(2)17-26-25-12-5-6-13-27(25)31-29(26)34/h5-7,9-10,12-15,17-18,24H,4,8,11,16,19H2,1-3H3,(H,30,33)(H,31,34)/b20-14+,21-15+,26-17+. The van der Waals surface area contributed by atoms with Gasteiger partial charge < -0.3 is 10.6 Å². The van der Waals surface area contributed by atoms with E-state index in [4.69, 9.17) is 0 Å². The lowest BCUT2D eigenvalue weighted by molar-refractivity contribution is -0.110. The van der Waals surface area contributed by atoms with Gasteiger partial charge >= 0.3 is 0 Å². The topological polar surface area (TPSA) is 61.4 Å². The second-order valence-electron chi connectivity index (χ2n) is 9.03. The predicted molar refractivity (Wildman–Crippen MR) is 140 cm³/mol. The maximum Gasteiger partial charge on any atom is 0.256 e. The molecule has 2 aromatic rings. The number of likely N-dealkylation sites (tertiary alicyclic amines) is 1. The fraction of sp³-hybridized carbons (Fsp3) is 0.310. The molecular weight excluding hydrogens is 422 g/mol. The van der Waals surface area contributed by atoms with Crippen LogP contribution in [0.4, 0.5) is 5.69 Å². The lowest BCUT2D eigenvalue weighted by Crippen LogP contribution is -2.40. The van der Waals surface area contributed by atoms with Gasteiger partial charge in [-0.25, -0.2) is 0 Å². The van der Waals surface area contributed by atoms with Crippen LogP contribution >= 0.6 is 0 Å². The van der Waals surface area contributed by atoms with Gasteiger partial charge in [0.15, 0.2) is 0 Å². The van der Waals surface area contributed by atoms with Crippen LogP contribution in [-0.2, 0) is 4.79 Å². The molecule has 2 heterocycles. The predicted octanol–water partition coefficient (Wildman–Crippen LogP) is 5.29. The normalized spacial score (nSPS) is 19.9. The average molecular weight is 456 g/mol. The number of benzene rings is 2. The Balaban J connectivity index is 1.44. The average Bonchev–Trinajstić information content (AvgIpc) is 3.44. The van der Waals surface area contributed by atoms with E-state index >= 15 is 0 Å². The van der Waals surface area contributed by atoms with Crippen LogP contribution in [-0.4, -0.2) is 42.4 Å². The zero-order chi connectivity index (χ0) is 24.1. The number of carbonyl (C=O) groups is 2. The van der Waals surface area contributed by atoms with E-state index in [1.807, 2.05) is 80.6 Å².